The first kappa shape index (κ1) is 17.4. The van der Waals surface area contributed by atoms with Gasteiger partial charge in [0.1, 0.15) is 0 Å². The van der Waals surface area contributed by atoms with Crippen LogP contribution in [-0.4, -0.2) is 28.1 Å². The van der Waals surface area contributed by atoms with E-state index in [0.29, 0.717) is 11.4 Å². The lowest BCUT2D eigenvalue weighted by molar-refractivity contribution is -0.117. The first-order valence-electron chi connectivity index (χ1n) is 8.33. The fraction of sp³-hybridized carbons (Fsp3) is 0.150. The molecule has 6 heteroatoms. The SMILES string of the molecule is Cc1cc(C(=O)N(CCC(N)=O)c2ccccc2)nn1-c1ccccc1. The van der Waals surface area contributed by atoms with Crippen molar-refractivity contribution in [3.05, 3.63) is 78.1 Å². The molecule has 0 aliphatic carbocycles. The first-order chi connectivity index (χ1) is 12.6. The highest BCUT2D eigenvalue weighted by molar-refractivity contribution is 6.05. The lowest BCUT2D eigenvalue weighted by atomic mass is 10.2. The molecule has 1 aromatic heterocycles. The van der Waals surface area contributed by atoms with Gasteiger partial charge in [0, 0.05) is 24.3 Å². The van der Waals surface area contributed by atoms with Crippen molar-refractivity contribution in [3.63, 3.8) is 0 Å². The number of primary amides is 1. The number of carbonyl (C=O) groups excluding carboxylic acids is 2. The van der Waals surface area contributed by atoms with E-state index in [4.69, 9.17) is 5.73 Å². The highest BCUT2D eigenvalue weighted by Crippen LogP contribution is 2.19. The van der Waals surface area contributed by atoms with Crippen LogP contribution >= 0.6 is 0 Å². The van der Waals surface area contributed by atoms with E-state index in [0.717, 1.165) is 11.4 Å². The molecule has 0 saturated carbocycles. The Hall–Kier alpha value is -3.41. The Morgan fingerprint density at radius 2 is 1.65 bits per heavy atom. The number of aromatic nitrogens is 2. The van der Waals surface area contributed by atoms with Crippen LogP contribution in [0.1, 0.15) is 22.6 Å². The molecule has 2 N–H and O–H groups in total. The summed E-state index contributed by atoms with van der Waals surface area (Å²) in [4.78, 5) is 25.8. The number of amides is 2. The van der Waals surface area contributed by atoms with Crippen LogP contribution in [0.4, 0.5) is 5.69 Å². The molecule has 1 heterocycles. The highest BCUT2D eigenvalue weighted by atomic mass is 16.2. The van der Waals surface area contributed by atoms with Crippen molar-refractivity contribution in [1.29, 1.82) is 0 Å². The van der Waals surface area contributed by atoms with Gasteiger partial charge in [0.05, 0.1) is 5.69 Å². The summed E-state index contributed by atoms with van der Waals surface area (Å²) >= 11 is 0. The minimum atomic E-state index is -0.454. The minimum Gasteiger partial charge on any atom is -0.370 e. The summed E-state index contributed by atoms with van der Waals surface area (Å²) in [6.07, 6.45) is 0.0824. The lowest BCUT2D eigenvalue weighted by Gasteiger charge is -2.21. The maximum Gasteiger partial charge on any atom is 0.278 e. The molecule has 3 rings (SSSR count). The molecule has 0 saturated heterocycles. The van der Waals surface area contributed by atoms with Crippen LogP contribution < -0.4 is 10.6 Å². The van der Waals surface area contributed by atoms with Crippen LogP contribution in [0.5, 0.6) is 0 Å². The summed E-state index contributed by atoms with van der Waals surface area (Å²) in [7, 11) is 0. The molecule has 2 aromatic carbocycles. The third-order valence-electron chi connectivity index (χ3n) is 4.00. The number of para-hydroxylation sites is 2. The summed E-state index contributed by atoms with van der Waals surface area (Å²) < 4.78 is 1.73. The van der Waals surface area contributed by atoms with E-state index in [1.807, 2.05) is 67.6 Å². The van der Waals surface area contributed by atoms with Gasteiger partial charge in [-0.3, -0.25) is 9.59 Å². The van der Waals surface area contributed by atoms with Gasteiger partial charge < -0.3 is 10.6 Å². The quantitative estimate of drug-likeness (QED) is 0.744. The molecule has 0 aliphatic heterocycles. The average molecular weight is 348 g/mol. The monoisotopic (exact) mass is 348 g/mol. The molecule has 0 aliphatic rings. The highest BCUT2D eigenvalue weighted by Gasteiger charge is 2.22. The average Bonchev–Trinajstić information content (AvgIpc) is 3.05. The van der Waals surface area contributed by atoms with Gasteiger partial charge in [0.2, 0.25) is 5.91 Å². The molecule has 2 amide bonds. The molecular formula is C20H20N4O2. The Kier molecular flexibility index (Phi) is 5.12. The summed E-state index contributed by atoms with van der Waals surface area (Å²) in [5, 5.41) is 4.46. The maximum absolute atomic E-state index is 13.1. The molecule has 132 valence electrons. The van der Waals surface area contributed by atoms with Gasteiger partial charge in [-0.05, 0) is 37.3 Å². The number of carbonyl (C=O) groups is 2. The minimum absolute atomic E-state index is 0.0824. The Morgan fingerprint density at radius 3 is 2.27 bits per heavy atom. The predicted octanol–water partition coefficient (Wildman–Crippen LogP) is 2.70. The van der Waals surface area contributed by atoms with Gasteiger partial charge in [-0.1, -0.05) is 36.4 Å². The van der Waals surface area contributed by atoms with Crippen molar-refractivity contribution in [2.24, 2.45) is 5.73 Å². The van der Waals surface area contributed by atoms with Gasteiger partial charge in [-0.2, -0.15) is 5.10 Å². The van der Waals surface area contributed by atoms with Gasteiger partial charge in [0.25, 0.3) is 5.91 Å². The van der Waals surface area contributed by atoms with Crippen LogP contribution in [-0.2, 0) is 4.79 Å². The smallest absolute Gasteiger partial charge is 0.278 e. The zero-order chi connectivity index (χ0) is 18.5. The Bertz CT molecular complexity index is 904. The summed E-state index contributed by atoms with van der Waals surface area (Å²) in [5.41, 5.74) is 8.02. The molecule has 6 nitrogen and oxygen atoms in total. The molecule has 0 atom stereocenters. The standard InChI is InChI=1S/C20H20N4O2/c1-15-14-18(22-24(15)17-10-6-3-7-11-17)20(26)23(13-12-19(21)25)16-8-4-2-5-9-16/h2-11,14H,12-13H2,1H3,(H2,21,25). The van der Waals surface area contributed by atoms with E-state index >= 15 is 0 Å². The number of aryl methyl sites for hydroxylation is 1. The summed E-state index contributed by atoms with van der Waals surface area (Å²) in [5.74, 6) is -0.722. The van der Waals surface area contributed by atoms with Crippen molar-refractivity contribution >= 4 is 17.5 Å². The molecule has 0 spiro atoms. The Balaban J connectivity index is 1.93. The number of anilines is 1. The number of rotatable bonds is 6. The summed E-state index contributed by atoms with van der Waals surface area (Å²) in [6, 6.07) is 20.6. The van der Waals surface area contributed by atoms with Crippen LogP contribution in [0, 0.1) is 6.92 Å². The fourth-order valence-electron chi connectivity index (χ4n) is 2.73. The number of hydrogen-bond donors (Lipinski definition) is 1. The normalized spacial score (nSPS) is 10.5. The van der Waals surface area contributed by atoms with Gasteiger partial charge in [-0.15, -0.1) is 0 Å². The van der Waals surface area contributed by atoms with Crippen molar-refractivity contribution in [3.8, 4) is 5.69 Å². The van der Waals surface area contributed by atoms with Crippen molar-refractivity contribution in [2.45, 2.75) is 13.3 Å². The molecule has 3 aromatic rings. The molecule has 0 bridgehead atoms. The second-order valence-electron chi connectivity index (χ2n) is 5.93. The first-order valence-corrected chi connectivity index (χ1v) is 8.33. The van der Waals surface area contributed by atoms with E-state index in [1.165, 1.54) is 4.90 Å². The zero-order valence-corrected chi connectivity index (χ0v) is 14.5. The molecule has 0 unspecified atom stereocenters. The van der Waals surface area contributed by atoms with E-state index in [2.05, 4.69) is 5.10 Å². The van der Waals surface area contributed by atoms with E-state index in [-0.39, 0.29) is 18.9 Å². The van der Waals surface area contributed by atoms with Crippen LogP contribution in [0.3, 0.4) is 0 Å². The van der Waals surface area contributed by atoms with Crippen molar-refractivity contribution in [1.82, 2.24) is 9.78 Å². The zero-order valence-electron chi connectivity index (χ0n) is 14.5. The van der Waals surface area contributed by atoms with Crippen molar-refractivity contribution < 1.29 is 9.59 Å². The van der Waals surface area contributed by atoms with Crippen molar-refractivity contribution in [2.75, 3.05) is 11.4 Å². The maximum atomic E-state index is 13.1. The molecular weight excluding hydrogens is 328 g/mol. The van der Waals surface area contributed by atoms with Crippen LogP contribution in [0.15, 0.2) is 66.7 Å². The molecule has 0 fully saturated rings. The fourth-order valence-corrected chi connectivity index (χ4v) is 2.73. The van der Waals surface area contributed by atoms with Crippen LogP contribution in [0.25, 0.3) is 5.69 Å². The van der Waals surface area contributed by atoms with E-state index < -0.39 is 5.91 Å². The topological polar surface area (TPSA) is 81.2 Å². The van der Waals surface area contributed by atoms with Gasteiger partial charge >= 0.3 is 0 Å². The number of benzene rings is 2. The third kappa shape index (κ3) is 3.80. The second kappa shape index (κ2) is 7.65. The van der Waals surface area contributed by atoms with E-state index in [1.54, 1.807) is 10.7 Å². The van der Waals surface area contributed by atoms with Gasteiger partial charge in [0.15, 0.2) is 5.69 Å². The number of nitrogens with two attached hydrogens (primary N) is 1. The number of nitrogens with zero attached hydrogens (tertiary/aromatic N) is 3. The Labute approximate surface area is 151 Å². The Morgan fingerprint density at radius 1 is 1.04 bits per heavy atom. The second-order valence-corrected chi connectivity index (χ2v) is 5.93. The molecule has 0 radical (unpaired) electrons. The predicted molar refractivity (Wildman–Crippen MR) is 100 cm³/mol. The molecule has 26 heavy (non-hydrogen) atoms. The van der Waals surface area contributed by atoms with E-state index in [9.17, 15) is 9.59 Å². The lowest BCUT2D eigenvalue weighted by Crippen LogP contribution is -2.34. The van der Waals surface area contributed by atoms with Crippen LogP contribution in [0.2, 0.25) is 0 Å². The third-order valence-corrected chi connectivity index (χ3v) is 4.00. The van der Waals surface area contributed by atoms with Gasteiger partial charge in [-0.25, -0.2) is 4.68 Å². The summed E-state index contributed by atoms with van der Waals surface area (Å²) in [6.45, 7) is 2.10. The number of hydrogen-bond acceptors (Lipinski definition) is 3. The largest absolute Gasteiger partial charge is 0.370 e.